The number of thioether (sulfide) groups is 1. The van der Waals surface area contributed by atoms with E-state index < -0.39 is 0 Å². The van der Waals surface area contributed by atoms with Crippen molar-refractivity contribution in [1.82, 2.24) is 29.9 Å². The van der Waals surface area contributed by atoms with Crippen molar-refractivity contribution in [3.63, 3.8) is 0 Å². The summed E-state index contributed by atoms with van der Waals surface area (Å²) in [6, 6.07) is 9.38. The molecule has 1 fully saturated rings. The van der Waals surface area contributed by atoms with Gasteiger partial charge in [0.05, 0.1) is 17.9 Å². The number of piperazine rings is 1. The third-order valence-corrected chi connectivity index (χ3v) is 6.84. The molecule has 5 heterocycles. The van der Waals surface area contributed by atoms with Gasteiger partial charge in [-0.3, -0.25) is 14.7 Å². The largest absolute Gasteiger partial charge is 0.353 e. The van der Waals surface area contributed by atoms with Crippen molar-refractivity contribution in [1.29, 1.82) is 0 Å². The lowest BCUT2D eigenvalue weighted by molar-refractivity contribution is 0.242. The SMILES string of the molecule is O=c1ccc(-c2cccnc2)nn1CCN1CCN(c2cc3c(nn2)CCSC3)CC1. The second-order valence-electron chi connectivity index (χ2n) is 7.83. The summed E-state index contributed by atoms with van der Waals surface area (Å²) in [4.78, 5) is 21.1. The van der Waals surface area contributed by atoms with Crippen molar-refractivity contribution >= 4 is 17.6 Å². The minimum absolute atomic E-state index is 0.0755. The van der Waals surface area contributed by atoms with Gasteiger partial charge in [0, 0.05) is 68.9 Å². The normalized spacial score (nSPS) is 16.8. The smallest absolute Gasteiger partial charge is 0.266 e. The van der Waals surface area contributed by atoms with E-state index >= 15 is 0 Å². The molecule has 31 heavy (non-hydrogen) atoms. The van der Waals surface area contributed by atoms with Crippen LogP contribution in [0.15, 0.2) is 47.5 Å². The van der Waals surface area contributed by atoms with E-state index in [4.69, 9.17) is 0 Å². The number of hydrogen-bond donors (Lipinski definition) is 0. The highest BCUT2D eigenvalue weighted by atomic mass is 32.2. The molecule has 0 aliphatic carbocycles. The van der Waals surface area contributed by atoms with Crippen LogP contribution in [0.5, 0.6) is 0 Å². The topological polar surface area (TPSA) is 80.0 Å². The highest BCUT2D eigenvalue weighted by molar-refractivity contribution is 7.98. The first-order valence-electron chi connectivity index (χ1n) is 10.7. The Morgan fingerprint density at radius 1 is 1.03 bits per heavy atom. The number of hydrogen-bond acceptors (Lipinski definition) is 8. The Morgan fingerprint density at radius 3 is 2.77 bits per heavy atom. The van der Waals surface area contributed by atoms with Crippen LogP contribution in [0.3, 0.4) is 0 Å². The molecular weight excluding hydrogens is 410 g/mol. The van der Waals surface area contributed by atoms with E-state index in [0.717, 1.165) is 73.4 Å². The van der Waals surface area contributed by atoms with Crippen LogP contribution in [-0.4, -0.2) is 68.3 Å². The monoisotopic (exact) mass is 435 g/mol. The van der Waals surface area contributed by atoms with Crippen molar-refractivity contribution in [2.24, 2.45) is 0 Å². The van der Waals surface area contributed by atoms with Gasteiger partial charge < -0.3 is 4.90 Å². The van der Waals surface area contributed by atoms with Gasteiger partial charge in [-0.15, -0.1) is 5.10 Å². The lowest BCUT2D eigenvalue weighted by Crippen LogP contribution is -2.48. The Morgan fingerprint density at radius 2 is 1.94 bits per heavy atom. The second-order valence-corrected chi connectivity index (χ2v) is 8.93. The van der Waals surface area contributed by atoms with E-state index in [0.29, 0.717) is 6.54 Å². The van der Waals surface area contributed by atoms with E-state index in [9.17, 15) is 4.79 Å². The molecule has 2 aliphatic rings. The lowest BCUT2D eigenvalue weighted by Gasteiger charge is -2.35. The van der Waals surface area contributed by atoms with Crippen LogP contribution in [0.1, 0.15) is 11.3 Å². The molecular formula is C22H25N7OS. The van der Waals surface area contributed by atoms with Gasteiger partial charge in [-0.2, -0.15) is 22.0 Å². The molecule has 160 valence electrons. The summed E-state index contributed by atoms with van der Waals surface area (Å²) in [5.41, 5.74) is 4.10. The molecule has 0 radical (unpaired) electrons. The summed E-state index contributed by atoms with van der Waals surface area (Å²) in [6.07, 6.45) is 4.52. The number of aryl methyl sites for hydroxylation is 1. The number of anilines is 1. The average Bonchev–Trinajstić information content (AvgIpc) is 2.84. The number of fused-ring (bicyclic) bond motifs is 1. The fourth-order valence-corrected chi connectivity index (χ4v) is 4.95. The fourth-order valence-electron chi connectivity index (χ4n) is 4.00. The predicted octanol–water partition coefficient (Wildman–Crippen LogP) is 1.71. The number of nitrogens with zero attached hydrogens (tertiary/aromatic N) is 7. The highest BCUT2D eigenvalue weighted by Crippen LogP contribution is 2.25. The van der Waals surface area contributed by atoms with Crippen LogP contribution in [0.4, 0.5) is 5.82 Å². The van der Waals surface area contributed by atoms with Crippen LogP contribution in [0, 0.1) is 0 Å². The Hall–Kier alpha value is -2.78. The Labute approximate surface area is 185 Å². The van der Waals surface area contributed by atoms with E-state index in [1.807, 2.05) is 23.9 Å². The molecule has 0 spiro atoms. The zero-order chi connectivity index (χ0) is 21.0. The fraction of sp³-hybridized carbons (Fsp3) is 0.409. The van der Waals surface area contributed by atoms with E-state index in [1.54, 1.807) is 29.2 Å². The molecule has 0 saturated carbocycles. The van der Waals surface area contributed by atoms with Crippen LogP contribution in [0.25, 0.3) is 11.3 Å². The van der Waals surface area contributed by atoms with Crippen LogP contribution in [-0.2, 0) is 18.7 Å². The van der Waals surface area contributed by atoms with Gasteiger partial charge in [0.15, 0.2) is 5.82 Å². The minimum Gasteiger partial charge on any atom is -0.353 e. The van der Waals surface area contributed by atoms with Crippen LogP contribution in [0.2, 0.25) is 0 Å². The Bertz CT molecular complexity index is 1100. The molecule has 1 saturated heterocycles. The molecule has 0 atom stereocenters. The molecule has 5 rings (SSSR count). The maximum absolute atomic E-state index is 12.3. The van der Waals surface area contributed by atoms with Crippen molar-refractivity contribution < 1.29 is 0 Å². The molecule has 0 aromatic carbocycles. The molecule has 9 heteroatoms. The van der Waals surface area contributed by atoms with Crippen molar-refractivity contribution in [2.45, 2.75) is 18.7 Å². The average molecular weight is 436 g/mol. The Kier molecular flexibility index (Phi) is 5.95. The minimum atomic E-state index is -0.0755. The number of rotatable bonds is 5. The zero-order valence-corrected chi connectivity index (χ0v) is 18.2. The molecule has 0 unspecified atom stereocenters. The van der Waals surface area contributed by atoms with Gasteiger partial charge in [0.25, 0.3) is 5.56 Å². The van der Waals surface area contributed by atoms with E-state index in [2.05, 4.69) is 36.1 Å². The quantitative estimate of drug-likeness (QED) is 0.599. The van der Waals surface area contributed by atoms with Crippen molar-refractivity contribution in [2.75, 3.05) is 43.4 Å². The maximum atomic E-state index is 12.3. The summed E-state index contributed by atoms with van der Waals surface area (Å²) in [6.45, 7) is 5.07. The molecule has 0 bridgehead atoms. The first-order valence-corrected chi connectivity index (χ1v) is 11.8. The third kappa shape index (κ3) is 4.62. The number of aromatic nitrogens is 5. The van der Waals surface area contributed by atoms with Gasteiger partial charge in [-0.1, -0.05) is 0 Å². The van der Waals surface area contributed by atoms with Gasteiger partial charge in [-0.05, 0) is 35.6 Å². The van der Waals surface area contributed by atoms with Gasteiger partial charge in [0.2, 0.25) is 0 Å². The molecule has 0 N–H and O–H groups in total. The zero-order valence-electron chi connectivity index (χ0n) is 17.4. The third-order valence-electron chi connectivity index (χ3n) is 5.84. The standard InChI is InChI=1S/C22H25N7OS/c30-22-4-3-20(17-2-1-6-23-15-17)26-29(22)12-9-27-7-10-28(11-8-27)21-14-18-16-31-13-5-19(18)24-25-21/h1-4,6,14-15H,5,7-13,16H2. The van der Waals surface area contributed by atoms with Gasteiger partial charge >= 0.3 is 0 Å². The first-order chi connectivity index (χ1) is 15.3. The Balaban J connectivity index is 1.19. The second kappa shape index (κ2) is 9.15. The summed E-state index contributed by atoms with van der Waals surface area (Å²) >= 11 is 1.97. The van der Waals surface area contributed by atoms with Crippen molar-refractivity contribution in [3.05, 3.63) is 64.3 Å². The predicted molar refractivity (Wildman–Crippen MR) is 122 cm³/mol. The molecule has 3 aromatic rings. The molecule has 8 nitrogen and oxygen atoms in total. The maximum Gasteiger partial charge on any atom is 0.266 e. The van der Waals surface area contributed by atoms with Gasteiger partial charge in [0.1, 0.15) is 0 Å². The van der Waals surface area contributed by atoms with Crippen LogP contribution >= 0.6 is 11.8 Å². The molecule has 0 amide bonds. The van der Waals surface area contributed by atoms with Crippen molar-refractivity contribution in [3.8, 4) is 11.3 Å². The highest BCUT2D eigenvalue weighted by Gasteiger charge is 2.20. The summed E-state index contributed by atoms with van der Waals surface area (Å²) in [5.74, 6) is 3.17. The van der Waals surface area contributed by atoms with Crippen LogP contribution < -0.4 is 10.5 Å². The number of pyridine rings is 1. The van der Waals surface area contributed by atoms with E-state index in [-0.39, 0.29) is 5.56 Å². The summed E-state index contributed by atoms with van der Waals surface area (Å²) < 4.78 is 1.56. The molecule has 2 aliphatic heterocycles. The lowest BCUT2D eigenvalue weighted by atomic mass is 10.2. The molecule has 3 aromatic heterocycles. The summed E-state index contributed by atoms with van der Waals surface area (Å²) in [5, 5.41) is 13.5. The van der Waals surface area contributed by atoms with Gasteiger partial charge in [-0.25, -0.2) is 4.68 Å². The van der Waals surface area contributed by atoms with E-state index in [1.165, 1.54) is 5.56 Å². The first kappa shape index (κ1) is 20.1. The summed E-state index contributed by atoms with van der Waals surface area (Å²) in [7, 11) is 0.